The minimum atomic E-state index is -1.67. The maximum Gasteiger partial charge on any atom is 0.296 e. The van der Waals surface area contributed by atoms with Gasteiger partial charge in [0.2, 0.25) is 0 Å². The molecule has 6 heteroatoms. The van der Waals surface area contributed by atoms with Gasteiger partial charge in [0.1, 0.15) is 0 Å². The Morgan fingerprint density at radius 1 is 0.960 bits per heavy atom. The smallest absolute Gasteiger partial charge is 0.296 e. The third-order valence-electron chi connectivity index (χ3n) is 6.55. The number of hydrogen-bond acceptors (Lipinski definition) is 4. The van der Waals surface area contributed by atoms with Crippen molar-refractivity contribution in [2.24, 2.45) is 10.9 Å². The van der Waals surface area contributed by atoms with Crippen LogP contribution in [0.4, 0.5) is 0 Å². The molecule has 2 N–H and O–H groups in total. The molecule has 2 aliphatic carbocycles. The highest BCUT2D eigenvalue weighted by Crippen LogP contribution is 2.45. The normalized spacial score (nSPS) is 30.5. The van der Waals surface area contributed by atoms with Gasteiger partial charge in [-0.05, 0) is 39.5 Å². The van der Waals surface area contributed by atoms with E-state index < -0.39 is 11.5 Å². The molecule has 6 nitrogen and oxygen atoms in total. The number of rotatable bonds is 4. The lowest BCUT2D eigenvalue weighted by atomic mass is 9.73. The van der Waals surface area contributed by atoms with Gasteiger partial charge in [-0.15, -0.1) is 0 Å². The van der Waals surface area contributed by atoms with Gasteiger partial charge in [-0.3, -0.25) is 9.59 Å². The van der Waals surface area contributed by atoms with E-state index >= 15 is 0 Å². The lowest BCUT2D eigenvalue weighted by Crippen LogP contribution is -2.68. The summed E-state index contributed by atoms with van der Waals surface area (Å²) in [6.07, 6.45) is 12.3. The second-order valence-electron chi connectivity index (χ2n) is 8.53. The van der Waals surface area contributed by atoms with Crippen molar-refractivity contribution < 1.29 is 14.4 Å². The number of primary amides is 1. The van der Waals surface area contributed by atoms with E-state index in [0.29, 0.717) is 0 Å². The first-order valence-electron chi connectivity index (χ1n) is 9.69. The van der Waals surface area contributed by atoms with Crippen LogP contribution < -0.4 is 5.73 Å². The number of oxime groups is 1. The average Bonchev–Trinajstić information content (AvgIpc) is 3.07. The number of hydrogen-bond donors (Lipinski definition) is 1. The highest BCUT2D eigenvalue weighted by atomic mass is 16.7. The maximum atomic E-state index is 13.7. The zero-order valence-corrected chi connectivity index (χ0v) is 15.6. The molecular weight excluding hydrogens is 318 g/mol. The highest BCUT2D eigenvalue weighted by molar-refractivity contribution is 6.10. The van der Waals surface area contributed by atoms with Crippen molar-refractivity contribution in [1.29, 1.82) is 0 Å². The van der Waals surface area contributed by atoms with Crippen LogP contribution in [-0.4, -0.2) is 39.6 Å². The summed E-state index contributed by atoms with van der Waals surface area (Å²) in [4.78, 5) is 33.3. The predicted molar refractivity (Wildman–Crippen MR) is 95.9 cm³/mol. The summed E-state index contributed by atoms with van der Waals surface area (Å²) >= 11 is 0. The fraction of sp³-hybridized carbons (Fsp3) is 0.842. The predicted octanol–water partition coefficient (Wildman–Crippen LogP) is 2.89. The molecule has 1 heterocycles. The quantitative estimate of drug-likeness (QED) is 0.792. The number of carbonyl (C=O) groups is 2. The molecule has 0 aromatic heterocycles. The summed E-state index contributed by atoms with van der Waals surface area (Å²) in [5.74, 6) is -1.02. The van der Waals surface area contributed by atoms with E-state index in [9.17, 15) is 9.59 Å². The van der Waals surface area contributed by atoms with E-state index in [1.54, 1.807) is 0 Å². The largest absolute Gasteiger partial charge is 0.369 e. The Labute approximate surface area is 150 Å². The molecule has 0 aromatic carbocycles. The van der Waals surface area contributed by atoms with Gasteiger partial charge in [-0.2, -0.15) is 0 Å². The van der Waals surface area contributed by atoms with E-state index in [4.69, 9.17) is 10.6 Å². The number of nitrogens with two attached hydrogens (primary N) is 1. The Balaban J connectivity index is 2.01. The Morgan fingerprint density at radius 2 is 1.44 bits per heavy atom. The van der Waals surface area contributed by atoms with E-state index in [0.717, 1.165) is 51.4 Å². The summed E-state index contributed by atoms with van der Waals surface area (Å²) in [5, 5.41) is 3.72. The lowest BCUT2D eigenvalue weighted by molar-refractivity contribution is -0.178. The molecule has 1 unspecified atom stereocenters. The second kappa shape index (κ2) is 6.61. The SMILES string of the molecule is CC1(N(C(=O)C2(C(N)=O)CC=NO2)C2(C)CCCCC2)CCCCC1. The van der Waals surface area contributed by atoms with E-state index in [1.165, 1.54) is 19.1 Å². The van der Waals surface area contributed by atoms with E-state index in [-0.39, 0.29) is 23.4 Å². The van der Waals surface area contributed by atoms with Crippen molar-refractivity contribution in [2.75, 3.05) is 0 Å². The first-order valence-corrected chi connectivity index (χ1v) is 9.69. The zero-order chi connectivity index (χ0) is 18.1. The number of nitrogens with zero attached hydrogens (tertiary/aromatic N) is 2. The van der Waals surface area contributed by atoms with Crippen LogP contribution >= 0.6 is 0 Å². The molecule has 2 amide bonds. The molecule has 3 aliphatic rings. The van der Waals surface area contributed by atoms with Crippen LogP contribution in [0.1, 0.15) is 84.5 Å². The maximum absolute atomic E-state index is 13.7. The Bertz CT molecular complexity index is 528. The number of carbonyl (C=O) groups excluding carboxylic acids is 2. The fourth-order valence-corrected chi connectivity index (χ4v) is 5.10. The third kappa shape index (κ3) is 3.04. The van der Waals surface area contributed by atoms with Crippen LogP contribution in [-0.2, 0) is 14.4 Å². The summed E-state index contributed by atoms with van der Waals surface area (Å²) in [6, 6.07) is 0. The summed E-state index contributed by atoms with van der Waals surface area (Å²) in [6.45, 7) is 4.35. The molecule has 140 valence electrons. The molecule has 2 fully saturated rings. The Kier molecular flexibility index (Phi) is 4.82. The van der Waals surface area contributed by atoms with Crippen molar-refractivity contribution >= 4 is 18.0 Å². The summed E-state index contributed by atoms with van der Waals surface area (Å²) in [5.41, 5.74) is 3.45. The fourth-order valence-electron chi connectivity index (χ4n) is 5.10. The first kappa shape index (κ1) is 18.2. The molecular formula is C19H31N3O3. The van der Waals surface area contributed by atoms with Gasteiger partial charge in [-0.1, -0.05) is 43.7 Å². The van der Waals surface area contributed by atoms with Gasteiger partial charge in [0.05, 0.1) is 0 Å². The standard InChI is InChI=1S/C19H31N3O3/c1-17(9-5-3-6-10-17)22(18(2)11-7-4-8-12-18)16(24)19(15(20)23)13-14-21-25-19/h14H,3-13H2,1-2H3,(H2,20,23). The minimum absolute atomic E-state index is 0.129. The minimum Gasteiger partial charge on any atom is -0.369 e. The van der Waals surface area contributed by atoms with Gasteiger partial charge in [0.15, 0.2) is 0 Å². The number of amides is 2. The topological polar surface area (TPSA) is 85.0 Å². The van der Waals surface area contributed by atoms with Crippen LogP contribution in [0.25, 0.3) is 0 Å². The molecule has 2 saturated carbocycles. The summed E-state index contributed by atoms with van der Waals surface area (Å²) in [7, 11) is 0. The van der Waals surface area contributed by atoms with Crippen molar-refractivity contribution in [2.45, 2.75) is 101 Å². The van der Waals surface area contributed by atoms with Crippen molar-refractivity contribution in [3.05, 3.63) is 0 Å². The van der Waals surface area contributed by atoms with Crippen molar-refractivity contribution in [1.82, 2.24) is 4.90 Å². The molecule has 3 rings (SSSR count). The van der Waals surface area contributed by atoms with Crippen LogP contribution in [0.2, 0.25) is 0 Å². The zero-order valence-electron chi connectivity index (χ0n) is 15.6. The van der Waals surface area contributed by atoms with Crippen LogP contribution in [0.5, 0.6) is 0 Å². The van der Waals surface area contributed by atoms with Gasteiger partial charge in [0, 0.05) is 23.7 Å². The first-order chi connectivity index (χ1) is 11.8. The second-order valence-corrected chi connectivity index (χ2v) is 8.53. The van der Waals surface area contributed by atoms with Gasteiger partial charge >= 0.3 is 0 Å². The molecule has 0 aromatic rings. The molecule has 0 saturated heterocycles. The lowest BCUT2D eigenvalue weighted by Gasteiger charge is -2.56. The van der Waals surface area contributed by atoms with Crippen LogP contribution in [0, 0.1) is 0 Å². The average molecular weight is 349 g/mol. The van der Waals surface area contributed by atoms with Crippen LogP contribution in [0.3, 0.4) is 0 Å². The van der Waals surface area contributed by atoms with Crippen LogP contribution in [0.15, 0.2) is 5.16 Å². The molecule has 25 heavy (non-hydrogen) atoms. The molecule has 0 spiro atoms. The molecule has 0 bridgehead atoms. The van der Waals surface area contributed by atoms with Gasteiger partial charge < -0.3 is 15.5 Å². The van der Waals surface area contributed by atoms with Crippen molar-refractivity contribution in [3.63, 3.8) is 0 Å². The highest BCUT2D eigenvalue weighted by Gasteiger charge is 2.58. The summed E-state index contributed by atoms with van der Waals surface area (Å²) < 4.78 is 0. The van der Waals surface area contributed by atoms with Crippen molar-refractivity contribution in [3.8, 4) is 0 Å². The monoisotopic (exact) mass is 349 g/mol. The molecule has 1 aliphatic heterocycles. The molecule has 1 atom stereocenters. The van der Waals surface area contributed by atoms with E-state index in [1.807, 2.05) is 4.90 Å². The van der Waals surface area contributed by atoms with E-state index in [2.05, 4.69) is 19.0 Å². The van der Waals surface area contributed by atoms with Gasteiger partial charge in [0.25, 0.3) is 17.4 Å². The Morgan fingerprint density at radius 3 is 1.80 bits per heavy atom. The third-order valence-corrected chi connectivity index (χ3v) is 6.55. The van der Waals surface area contributed by atoms with Gasteiger partial charge in [-0.25, -0.2) is 0 Å². The molecule has 0 radical (unpaired) electrons. The Hall–Kier alpha value is -1.59.